The molecule has 2 aromatic rings. The average Bonchev–Trinajstić information content (AvgIpc) is 2.79. The predicted octanol–water partition coefficient (Wildman–Crippen LogP) is 2.10. The summed E-state index contributed by atoms with van der Waals surface area (Å²) in [6.07, 6.45) is 1.02. The van der Waals surface area contributed by atoms with Crippen LogP contribution >= 0.6 is 0 Å². The van der Waals surface area contributed by atoms with Gasteiger partial charge in [0.25, 0.3) is 5.91 Å². The smallest absolute Gasteiger partial charge is 0.278 e. The fourth-order valence-electron chi connectivity index (χ4n) is 4.08. The lowest BCUT2D eigenvalue weighted by molar-refractivity contribution is -0.914. The zero-order valence-corrected chi connectivity index (χ0v) is 17.9. The molecule has 0 aromatic heterocycles. The number of hydrogen-bond acceptors (Lipinski definition) is 3. The SMILES string of the molecule is CC[C@H](CNC(=O)[C@@H](C)[NH+]1CCN(c2cccc(OC)c2)CC1)c1ccccc1. The molecule has 156 valence electrons. The fraction of sp³-hybridized carbons (Fsp3) is 0.458. The van der Waals surface area contributed by atoms with Crippen molar-refractivity contribution in [2.75, 3.05) is 44.7 Å². The summed E-state index contributed by atoms with van der Waals surface area (Å²) >= 11 is 0. The van der Waals surface area contributed by atoms with Crippen LogP contribution in [0.4, 0.5) is 5.69 Å². The number of rotatable bonds is 8. The molecule has 0 spiro atoms. The molecule has 29 heavy (non-hydrogen) atoms. The van der Waals surface area contributed by atoms with Gasteiger partial charge >= 0.3 is 0 Å². The molecule has 0 radical (unpaired) electrons. The minimum absolute atomic E-state index is 0.0317. The van der Waals surface area contributed by atoms with Crippen molar-refractivity contribution < 1.29 is 14.4 Å². The van der Waals surface area contributed by atoms with E-state index in [1.54, 1.807) is 7.11 Å². The number of nitrogens with one attached hydrogen (secondary N) is 2. The number of amides is 1. The quantitative estimate of drug-likeness (QED) is 0.718. The Morgan fingerprint density at radius 2 is 1.86 bits per heavy atom. The molecule has 1 heterocycles. The molecular formula is C24H34N3O2+. The van der Waals surface area contributed by atoms with Crippen molar-refractivity contribution in [3.8, 4) is 5.75 Å². The van der Waals surface area contributed by atoms with Gasteiger partial charge in [0.05, 0.1) is 33.3 Å². The molecule has 0 unspecified atom stereocenters. The maximum atomic E-state index is 12.8. The van der Waals surface area contributed by atoms with Gasteiger partial charge in [0.2, 0.25) is 0 Å². The normalized spacial score (nSPS) is 16.9. The third kappa shape index (κ3) is 5.51. The van der Waals surface area contributed by atoms with Crippen LogP contribution in [0.2, 0.25) is 0 Å². The van der Waals surface area contributed by atoms with E-state index >= 15 is 0 Å². The zero-order valence-electron chi connectivity index (χ0n) is 17.9. The molecule has 5 heteroatoms. The molecule has 2 atom stereocenters. The van der Waals surface area contributed by atoms with Gasteiger partial charge in [-0.05, 0) is 31.0 Å². The number of quaternary nitrogens is 1. The van der Waals surface area contributed by atoms with E-state index in [0.717, 1.165) is 38.3 Å². The van der Waals surface area contributed by atoms with Crippen LogP contribution in [-0.2, 0) is 4.79 Å². The summed E-state index contributed by atoms with van der Waals surface area (Å²) < 4.78 is 5.34. The van der Waals surface area contributed by atoms with E-state index in [2.05, 4.69) is 60.5 Å². The van der Waals surface area contributed by atoms with Gasteiger partial charge in [-0.2, -0.15) is 0 Å². The highest BCUT2D eigenvalue weighted by molar-refractivity contribution is 5.80. The summed E-state index contributed by atoms with van der Waals surface area (Å²) in [6, 6.07) is 18.6. The third-order valence-electron chi connectivity index (χ3n) is 6.12. The first kappa shape index (κ1) is 21.2. The van der Waals surface area contributed by atoms with Crippen LogP contribution in [0.1, 0.15) is 31.7 Å². The van der Waals surface area contributed by atoms with Crippen molar-refractivity contribution in [2.45, 2.75) is 32.2 Å². The fourth-order valence-corrected chi connectivity index (χ4v) is 4.08. The van der Waals surface area contributed by atoms with Gasteiger partial charge in [0.1, 0.15) is 5.75 Å². The van der Waals surface area contributed by atoms with Crippen molar-refractivity contribution in [3.05, 3.63) is 60.2 Å². The predicted molar refractivity (Wildman–Crippen MR) is 118 cm³/mol. The Balaban J connectivity index is 1.49. The van der Waals surface area contributed by atoms with E-state index in [-0.39, 0.29) is 11.9 Å². The first-order chi connectivity index (χ1) is 14.1. The van der Waals surface area contributed by atoms with E-state index in [1.807, 2.05) is 18.2 Å². The van der Waals surface area contributed by atoms with Crippen molar-refractivity contribution >= 4 is 11.6 Å². The number of benzene rings is 2. The molecule has 0 aliphatic carbocycles. The summed E-state index contributed by atoms with van der Waals surface area (Å²) in [5.74, 6) is 1.41. The first-order valence-electron chi connectivity index (χ1n) is 10.7. The Morgan fingerprint density at radius 3 is 2.52 bits per heavy atom. The number of anilines is 1. The van der Waals surface area contributed by atoms with Gasteiger partial charge in [-0.15, -0.1) is 0 Å². The van der Waals surface area contributed by atoms with Crippen LogP contribution in [0.3, 0.4) is 0 Å². The highest BCUT2D eigenvalue weighted by Gasteiger charge is 2.29. The first-order valence-corrected chi connectivity index (χ1v) is 10.7. The standard InChI is InChI=1S/C24H33N3O2/c1-4-20(21-9-6-5-7-10-21)18-25-24(28)19(2)26-13-15-27(16-14-26)22-11-8-12-23(17-22)29-3/h5-12,17,19-20H,4,13-16,18H2,1-3H3,(H,25,28)/p+1/t19-,20-/m1/s1. The Kier molecular flexibility index (Phi) is 7.53. The molecule has 3 rings (SSSR count). The highest BCUT2D eigenvalue weighted by atomic mass is 16.5. The second-order valence-corrected chi connectivity index (χ2v) is 7.83. The number of nitrogens with zero attached hydrogens (tertiary/aromatic N) is 1. The van der Waals surface area contributed by atoms with E-state index in [4.69, 9.17) is 4.74 Å². The van der Waals surface area contributed by atoms with Crippen LogP contribution in [0.25, 0.3) is 0 Å². The van der Waals surface area contributed by atoms with Crippen LogP contribution in [0.5, 0.6) is 5.75 Å². The van der Waals surface area contributed by atoms with Gasteiger partial charge in [0.15, 0.2) is 6.04 Å². The van der Waals surface area contributed by atoms with Gasteiger partial charge in [0, 0.05) is 24.2 Å². The van der Waals surface area contributed by atoms with E-state index in [9.17, 15) is 4.79 Å². The van der Waals surface area contributed by atoms with Gasteiger partial charge in [-0.1, -0.05) is 43.3 Å². The lowest BCUT2D eigenvalue weighted by Gasteiger charge is -2.36. The Bertz CT molecular complexity index is 773. The Morgan fingerprint density at radius 1 is 1.14 bits per heavy atom. The summed E-state index contributed by atoms with van der Waals surface area (Å²) in [5.41, 5.74) is 2.48. The third-order valence-corrected chi connectivity index (χ3v) is 6.12. The molecule has 0 bridgehead atoms. The van der Waals surface area contributed by atoms with Crippen molar-refractivity contribution in [2.24, 2.45) is 0 Å². The second kappa shape index (κ2) is 10.3. The van der Waals surface area contributed by atoms with Crippen LogP contribution in [0.15, 0.2) is 54.6 Å². The Hall–Kier alpha value is -2.53. The monoisotopic (exact) mass is 396 g/mol. The summed E-state index contributed by atoms with van der Waals surface area (Å²) in [7, 11) is 1.70. The minimum Gasteiger partial charge on any atom is -0.497 e. The number of carbonyl (C=O) groups excluding carboxylic acids is 1. The lowest BCUT2D eigenvalue weighted by atomic mass is 9.96. The molecule has 2 aromatic carbocycles. The molecule has 1 fully saturated rings. The number of hydrogen-bond donors (Lipinski definition) is 2. The molecular weight excluding hydrogens is 362 g/mol. The van der Waals surface area contributed by atoms with Crippen molar-refractivity contribution in [1.82, 2.24) is 5.32 Å². The van der Waals surface area contributed by atoms with E-state index < -0.39 is 0 Å². The van der Waals surface area contributed by atoms with Crippen molar-refractivity contribution in [3.63, 3.8) is 0 Å². The van der Waals surface area contributed by atoms with Gasteiger partial charge in [-0.25, -0.2) is 0 Å². The molecule has 1 aliphatic rings. The summed E-state index contributed by atoms with van der Waals surface area (Å²) in [5, 5.41) is 3.20. The average molecular weight is 397 g/mol. The van der Waals surface area contributed by atoms with Crippen LogP contribution in [-0.4, -0.2) is 51.8 Å². The van der Waals surface area contributed by atoms with E-state index in [0.29, 0.717) is 12.5 Å². The lowest BCUT2D eigenvalue weighted by Crippen LogP contribution is -3.19. The summed E-state index contributed by atoms with van der Waals surface area (Å²) in [4.78, 5) is 16.5. The maximum absolute atomic E-state index is 12.8. The number of ether oxygens (including phenoxy) is 1. The molecule has 1 amide bonds. The Labute approximate surface area is 174 Å². The molecule has 1 aliphatic heterocycles. The molecule has 0 saturated carbocycles. The molecule has 1 saturated heterocycles. The van der Waals surface area contributed by atoms with Gasteiger partial charge in [-0.3, -0.25) is 4.79 Å². The molecule has 5 nitrogen and oxygen atoms in total. The zero-order chi connectivity index (χ0) is 20.6. The second-order valence-electron chi connectivity index (χ2n) is 7.83. The number of piperazine rings is 1. The highest BCUT2D eigenvalue weighted by Crippen LogP contribution is 2.21. The molecule has 2 N–H and O–H groups in total. The maximum Gasteiger partial charge on any atom is 0.278 e. The number of carbonyl (C=O) groups is 1. The minimum atomic E-state index is -0.0317. The van der Waals surface area contributed by atoms with Crippen LogP contribution in [0, 0.1) is 0 Å². The van der Waals surface area contributed by atoms with Gasteiger partial charge < -0.3 is 19.9 Å². The van der Waals surface area contributed by atoms with Crippen LogP contribution < -0.4 is 19.9 Å². The topological polar surface area (TPSA) is 46.0 Å². The number of methoxy groups -OCH3 is 1. The summed E-state index contributed by atoms with van der Waals surface area (Å²) in [6.45, 7) is 8.74. The van der Waals surface area contributed by atoms with Crippen molar-refractivity contribution in [1.29, 1.82) is 0 Å². The largest absolute Gasteiger partial charge is 0.497 e. The van der Waals surface area contributed by atoms with E-state index in [1.165, 1.54) is 16.2 Å².